The van der Waals surface area contributed by atoms with E-state index >= 15 is 0 Å². The van der Waals surface area contributed by atoms with Crippen LogP contribution in [-0.4, -0.2) is 11.9 Å². The van der Waals surface area contributed by atoms with Crippen LogP contribution in [0.15, 0.2) is 81.9 Å². The van der Waals surface area contributed by atoms with Gasteiger partial charge in [0, 0.05) is 24.2 Å². The molecule has 0 fully saturated rings. The lowest BCUT2D eigenvalue weighted by Crippen LogP contribution is -2.05. The Morgan fingerprint density at radius 3 is 2.60 bits per heavy atom. The van der Waals surface area contributed by atoms with E-state index in [1.54, 1.807) is 6.08 Å². The summed E-state index contributed by atoms with van der Waals surface area (Å²) in [4.78, 5) is 16.6. The van der Waals surface area contributed by atoms with Crippen molar-refractivity contribution in [3.63, 3.8) is 0 Å². The maximum absolute atomic E-state index is 12.2. The SMILES string of the molecule is O=C1OC(c2ccc(I)c(Br)c2)=N/C1=C\c1ccc(OCc2ccccc2Cl)cc1. The highest BCUT2D eigenvalue weighted by molar-refractivity contribution is 14.1. The van der Waals surface area contributed by atoms with Gasteiger partial charge in [0.15, 0.2) is 5.70 Å². The Balaban J connectivity index is 1.47. The molecule has 0 spiro atoms. The number of carbonyl (C=O) groups is 1. The molecule has 0 saturated heterocycles. The maximum atomic E-state index is 12.2. The number of hydrogen-bond acceptors (Lipinski definition) is 4. The van der Waals surface area contributed by atoms with Crippen molar-refractivity contribution in [3.05, 3.63) is 102 Å². The lowest BCUT2D eigenvalue weighted by atomic mass is 10.2. The van der Waals surface area contributed by atoms with Crippen molar-refractivity contribution in [1.29, 1.82) is 0 Å². The summed E-state index contributed by atoms with van der Waals surface area (Å²) in [6, 6.07) is 20.6. The van der Waals surface area contributed by atoms with Crippen LogP contribution in [0.1, 0.15) is 16.7 Å². The van der Waals surface area contributed by atoms with Gasteiger partial charge in [-0.15, -0.1) is 0 Å². The molecule has 0 unspecified atom stereocenters. The number of esters is 1. The van der Waals surface area contributed by atoms with Crippen molar-refractivity contribution >= 4 is 68.1 Å². The first-order valence-corrected chi connectivity index (χ1v) is 11.2. The second-order valence-electron chi connectivity index (χ2n) is 6.41. The van der Waals surface area contributed by atoms with E-state index in [1.165, 1.54) is 0 Å². The van der Waals surface area contributed by atoms with E-state index in [0.717, 1.165) is 24.7 Å². The number of rotatable bonds is 5. The van der Waals surface area contributed by atoms with Crippen LogP contribution in [0.25, 0.3) is 6.08 Å². The van der Waals surface area contributed by atoms with Gasteiger partial charge in [0.05, 0.1) is 0 Å². The molecule has 0 aliphatic carbocycles. The van der Waals surface area contributed by atoms with Crippen LogP contribution in [0.2, 0.25) is 5.02 Å². The van der Waals surface area contributed by atoms with Crippen LogP contribution >= 0.6 is 50.1 Å². The van der Waals surface area contributed by atoms with Crippen LogP contribution in [0, 0.1) is 3.57 Å². The Bertz CT molecular complexity index is 1180. The minimum Gasteiger partial charge on any atom is -0.489 e. The number of halogens is 3. The summed E-state index contributed by atoms with van der Waals surface area (Å²) < 4.78 is 13.1. The summed E-state index contributed by atoms with van der Waals surface area (Å²) >= 11 is 11.8. The zero-order valence-electron chi connectivity index (χ0n) is 15.4. The lowest BCUT2D eigenvalue weighted by Gasteiger charge is -2.07. The number of hydrogen-bond donors (Lipinski definition) is 0. The highest BCUT2D eigenvalue weighted by atomic mass is 127. The average Bonchev–Trinajstić information content (AvgIpc) is 3.11. The molecular weight excluding hydrogens is 581 g/mol. The van der Waals surface area contributed by atoms with Crippen LogP contribution in [0.3, 0.4) is 0 Å². The molecule has 0 radical (unpaired) electrons. The molecule has 0 bridgehead atoms. The normalized spacial score (nSPS) is 14.6. The zero-order chi connectivity index (χ0) is 21.1. The highest BCUT2D eigenvalue weighted by Gasteiger charge is 2.24. The Labute approximate surface area is 200 Å². The molecule has 7 heteroatoms. The van der Waals surface area contributed by atoms with Crippen molar-refractivity contribution in [2.75, 3.05) is 0 Å². The fourth-order valence-corrected chi connectivity index (χ4v) is 3.66. The topological polar surface area (TPSA) is 47.9 Å². The third-order valence-electron chi connectivity index (χ3n) is 4.32. The van der Waals surface area contributed by atoms with Crippen LogP contribution in [0.5, 0.6) is 5.75 Å². The highest BCUT2D eigenvalue weighted by Crippen LogP contribution is 2.25. The van der Waals surface area contributed by atoms with Gasteiger partial charge < -0.3 is 9.47 Å². The number of cyclic esters (lactones) is 1. The largest absolute Gasteiger partial charge is 0.489 e. The van der Waals surface area contributed by atoms with Gasteiger partial charge in [-0.3, -0.25) is 0 Å². The van der Waals surface area contributed by atoms with Crippen LogP contribution in [-0.2, 0) is 16.1 Å². The summed E-state index contributed by atoms with van der Waals surface area (Å²) in [7, 11) is 0. The Hall–Kier alpha value is -2.16. The van der Waals surface area contributed by atoms with Crippen molar-refractivity contribution in [3.8, 4) is 5.75 Å². The van der Waals surface area contributed by atoms with Crippen LogP contribution in [0.4, 0.5) is 0 Å². The average molecular weight is 595 g/mol. The van der Waals surface area contributed by atoms with Crippen LogP contribution < -0.4 is 4.74 Å². The first-order chi connectivity index (χ1) is 14.5. The molecule has 1 heterocycles. The molecule has 1 aliphatic heterocycles. The molecule has 0 saturated carbocycles. The van der Waals surface area contributed by atoms with E-state index in [1.807, 2.05) is 66.7 Å². The molecule has 4 nitrogen and oxygen atoms in total. The Morgan fingerprint density at radius 2 is 1.87 bits per heavy atom. The number of benzene rings is 3. The first kappa shape index (κ1) is 21.1. The van der Waals surface area contributed by atoms with Gasteiger partial charge in [-0.1, -0.05) is 41.9 Å². The first-order valence-electron chi connectivity index (χ1n) is 8.94. The monoisotopic (exact) mass is 593 g/mol. The third-order valence-corrected chi connectivity index (χ3v) is 7.03. The van der Waals surface area contributed by atoms with Gasteiger partial charge in [-0.2, -0.15) is 0 Å². The number of ether oxygens (including phenoxy) is 2. The molecule has 3 aromatic carbocycles. The van der Waals surface area contributed by atoms with E-state index in [0.29, 0.717) is 23.3 Å². The lowest BCUT2D eigenvalue weighted by molar-refractivity contribution is -0.129. The minimum absolute atomic E-state index is 0.254. The van der Waals surface area contributed by atoms with Crippen molar-refractivity contribution < 1.29 is 14.3 Å². The molecule has 4 rings (SSSR count). The van der Waals surface area contributed by atoms with Gasteiger partial charge in [-0.25, -0.2) is 9.79 Å². The smallest absolute Gasteiger partial charge is 0.363 e. The Morgan fingerprint density at radius 1 is 1.10 bits per heavy atom. The molecular formula is C23H14BrClINO3. The van der Waals surface area contributed by atoms with Crippen molar-refractivity contribution in [1.82, 2.24) is 0 Å². The summed E-state index contributed by atoms with van der Waals surface area (Å²) in [5.41, 5.74) is 2.73. The molecule has 30 heavy (non-hydrogen) atoms. The van der Waals surface area contributed by atoms with Crippen molar-refractivity contribution in [2.24, 2.45) is 4.99 Å². The predicted molar refractivity (Wildman–Crippen MR) is 130 cm³/mol. The molecule has 150 valence electrons. The fraction of sp³-hybridized carbons (Fsp3) is 0.0435. The van der Waals surface area contributed by atoms with E-state index in [9.17, 15) is 4.79 Å². The summed E-state index contributed by atoms with van der Waals surface area (Å²) in [5.74, 6) is 0.528. The standard InChI is InChI=1S/C23H14BrClINO3/c24-18-12-15(7-10-20(18)26)22-27-21(23(28)30-22)11-14-5-8-17(9-6-14)29-13-16-3-1-2-4-19(16)25/h1-12H,13H2/b21-11-. The fourth-order valence-electron chi connectivity index (χ4n) is 2.76. The Kier molecular flexibility index (Phi) is 6.55. The second-order valence-corrected chi connectivity index (χ2v) is 8.84. The summed E-state index contributed by atoms with van der Waals surface area (Å²) in [6.45, 7) is 0.381. The van der Waals surface area contributed by atoms with Gasteiger partial charge >= 0.3 is 5.97 Å². The third kappa shape index (κ3) is 4.94. The molecule has 0 aromatic heterocycles. The zero-order valence-corrected chi connectivity index (χ0v) is 19.9. The maximum Gasteiger partial charge on any atom is 0.363 e. The van der Waals surface area contributed by atoms with E-state index in [-0.39, 0.29) is 5.70 Å². The van der Waals surface area contributed by atoms with E-state index < -0.39 is 5.97 Å². The number of aliphatic imine (C=N–C) groups is 1. The van der Waals surface area contributed by atoms with Gasteiger partial charge in [0.25, 0.3) is 0 Å². The summed E-state index contributed by atoms with van der Waals surface area (Å²) in [5, 5.41) is 0.674. The molecule has 3 aromatic rings. The number of nitrogens with zero attached hydrogens (tertiary/aromatic N) is 1. The predicted octanol–water partition coefficient (Wildman–Crippen LogP) is 6.63. The van der Waals surface area contributed by atoms with Gasteiger partial charge in [0.1, 0.15) is 12.4 Å². The van der Waals surface area contributed by atoms with Crippen molar-refractivity contribution in [2.45, 2.75) is 6.61 Å². The van der Waals surface area contributed by atoms with Gasteiger partial charge in [0.2, 0.25) is 5.90 Å². The summed E-state index contributed by atoms with van der Waals surface area (Å²) in [6.07, 6.45) is 1.69. The molecule has 0 N–H and O–H groups in total. The minimum atomic E-state index is -0.473. The van der Waals surface area contributed by atoms with Gasteiger partial charge in [-0.05, 0) is 86.6 Å². The van der Waals surface area contributed by atoms with E-state index in [4.69, 9.17) is 21.1 Å². The number of carbonyl (C=O) groups excluding carboxylic acids is 1. The molecule has 1 aliphatic rings. The quantitative estimate of drug-likeness (QED) is 0.189. The second kappa shape index (κ2) is 9.32. The molecule has 0 atom stereocenters. The van der Waals surface area contributed by atoms with E-state index in [2.05, 4.69) is 43.5 Å². The molecule has 0 amide bonds.